The Kier molecular flexibility index (Phi) is 4.69. The van der Waals surface area contributed by atoms with Crippen LogP contribution in [0.3, 0.4) is 0 Å². The topological polar surface area (TPSA) is 49.4 Å². The third kappa shape index (κ3) is 3.90. The Morgan fingerprint density at radius 3 is 2.35 bits per heavy atom. The molecule has 4 heteroatoms. The first-order chi connectivity index (χ1) is 8.02. The van der Waals surface area contributed by atoms with Gasteiger partial charge in [-0.05, 0) is 12.1 Å². The summed E-state index contributed by atoms with van der Waals surface area (Å²) in [4.78, 5) is 24.6. The van der Waals surface area contributed by atoms with Crippen LogP contribution in [0.1, 0.15) is 13.8 Å². The number of benzene rings is 1. The van der Waals surface area contributed by atoms with Crippen LogP contribution in [0.5, 0.6) is 0 Å². The van der Waals surface area contributed by atoms with E-state index in [4.69, 9.17) is 0 Å². The average Bonchev–Trinajstić information content (AvgIpc) is 2.35. The van der Waals surface area contributed by atoms with Crippen molar-refractivity contribution in [3.05, 3.63) is 30.3 Å². The van der Waals surface area contributed by atoms with Gasteiger partial charge in [0, 0.05) is 18.7 Å². The molecule has 0 fully saturated rings. The van der Waals surface area contributed by atoms with Crippen LogP contribution in [-0.4, -0.2) is 25.4 Å². The van der Waals surface area contributed by atoms with E-state index < -0.39 is 0 Å². The molecule has 4 nitrogen and oxygen atoms in total. The van der Waals surface area contributed by atoms with E-state index in [1.54, 1.807) is 20.9 Å². The van der Waals surface area contributed by atoms with Gasteiger partial charge in [-0.25, -0.2) is 0 Å². The molecule has 0 aliphatic heterocycles. The van der Waals surface area contributed by atoms with Gasteiger partial charge in [0.25, 0.3) is 0 Å². The first kappa shape index (κ1) is 13.2. The number of anilines is 1. The van der Waals surface area contributed by atoms with Crippen molar-refractivity contribution in [2.45, 2.75) is 13.8 Å². The molecule has 17 heavy (non-hydrogen) atoms. The Hall–Kier alpha value is -1.84. The summed E-state index contributed by atoms with van der Waals surface area (Å²) in [5.74, 6) is -0.352. The van der Waals surface area contributed by atoms with E-state index in [0.717, 1.165) is 5.69 Å². The van der Waals surface area contributed by atoms with Crippen molar-refractivity contribution in [1.82, 2.24) is 5.32 Å². The number of hydrogen-bond acceptors (Lipinski definition) is 2. The van der Waals surface area contributed by atoms with Crippen LogP contribution in [-0.2, 0) is 9.59 Å². The van der Waals surface area contributed by atoms with E-state index in [1.165, 1.54) is 4.90 Å². The molecule has 2 amide bonds. The lowest BCUT2D eigenvalue weighted by Crippen LogP contribution is -2.39. The van der Waals surface area contributed by atoms with Crippen LogP contribution in [0.4, 0.5) is 5.69 Å². The normalized spacial score (nSPS) is 10.1. The van der Waals surface area contributed by atoms with Crippen molar-refractivity contribution in [2.75, 3.05) is 18.5 Å². The van der Waals surface area contributed by atoms with Gasteiger partial charge in [0.05, 0.1) is 6.54 Å². The summed E-state index contributed by atoms with van der Waals surface area (Å²) in [5, 5.41) is 2.60. The van der Waals surface area contributed by atoms with E-state index >= 15 is 0 Å². The van der Waals surface area contributed by atoms with Crippen LogP contribution in [0.25, 0.3) is 0 Å². The van der Waals surface area contributed by atoms with Crippen LogP contribution >= 0.6 is 0 Å². The molecule has 0 saturated carbocycles. The van der Waals surface area contributed by atoms with Gasteiger partial charge in [-0.2, -0.15) is 0 Å². The lowest BCUT2D eigenvalue weighted by Gasteiger charge is -2.17. The number of carbonyl (C=O) groups excluding carboxylic acids is 2. The number of carbonyl (C=O) groups is 2. The molecule has 0 saturated heterocycles. The zero-order chi connectivity index (χ0) is 12.8. The molecule has 0 radical (unpaired) electrons. The van der Waals surface area contributed by atoms with Gasteiger partial charge in [0.2, 0.25) is 11.8 Å². The molecular weight excluding hydrogens is 216 g/mol. The highest BCUT2D eigenvalue weighted by Gasteiger charge is 2.13. The molecule has 0 unspecified atom stereocenters. The van der Waals surface area contributed by atoms with Crippen molar-refractivity contribution in [3.63, 3.8) is 0 Å². The van der Waals surface area contributed by atoms with E-state index in [1.807, 2.05) is 30.3 Å². The smallest absolute Gasteiger partial charge is 0.246 e. The second-order valence-corrected chi connectivity index (χ2v) is 4.16. The van der Waals surface area contributed by atoms with Crippen molar-refractivity contribution in [3.8, 4) is 0 Å². The minimum Gasteiger partial charge on any atom is -0.347 e. The fourth-order valence-corrected chi connectivity index (χ4v) is 1.28. The molecule has 1 rings (SSSR count). The predicted molar refractivity (Wildman–Crippen MR) is 67.7 cm³/mol. The van der Waals surface area contributed by atoms with Gasteiger partial charge < -0.3 is 10.2 Å². The molecule has 1 aromatic carbocycles. The first-order valence-electron chi connectivity index (χ1n) is 5.61. The minimum atomic E-state index is -0.134. The van der Waals surface area contributed by atoms with E-state index in [2.05, 4.69) is 5.32 Å². The Bertz CT molecular complexity index is 388. The molecule has 0 spiro atoms. The molecule has 1 aromatic rings. The second kappa shape index (κ2) is 6.03. The van der Waals surface area contributed by atoms with Crippen molar-refractivity contribution >= 4 is 17.5 Å². The van der Waals surface area contributed by atoms with E-state index in [-0.39, 0.29) is 24.3 Å². The Morgan fingerprint density at radius 2 is 1.82 bits per heavy atom. The molecule has 0 aliphatic rings. The van der Waals surface area contributed by atoms with Gasteiger partial charge in [0.1, 0.15) is 0 Å². The summed E-state index contributed by atoms with van der Waals surface area (Å²) in [6.07, 6.45) is 0. The monoisotopic (exact) mass is 234 g/mol. The molecule has 0 aromatic heterocycles. The van der Waals surface area contributed by atoms with Crippen molar-refractivity contribution in [2.24, 2.45) is 5.92 Å². The minimum absolute atomic E-state index is 0.0302. The molecule has 0 heterocycles. The summed E-state index contributed by atoms with van der Waals surface area (Å²) >= 11 is 0. The Balaban J connectivity index is 2.51. The number of likely N-dealkylation sites (N-methyl/N-ethyl adjacent to an activating group) is 1. The summed E-state index contributed by atoms with van der Waals surface area (Å²) < 4.78 is 0. The standard InChI is InChI=1S/C13H18N2O2/c1-10(2)13(17)14-9-12(16)15(3)11-7-5-4-6-8-11/h4-8,10H,9H2,1-3H3,(H,14,17). The summed E-state index contributed by atoms with van der Waals surface area (Å²) in [6.45, 7) is 3.61. The molecule has 92 valence electrons. The van der Waals surface area contributed by atoms with Gasteiger partial charge >= 0.3 is 0 Å². The summed E-state index contributed by atoms with van der Waals surface area (Å²) in [5.41, 5.74) is 0.816. The van der Waals surface area contributed by atoms with Crippen LogP contribution in [0, 0.1) is 5.92 Å². The van der Waals surface area contributed by atoms with Crippen LogP contribution in [0.15, 0.2) is 30.3 Å². The summed E-state index contributed by atoms with van der Waals surface area (Å²) in [6, 6.07) is 9.32. The van der Waals surface area contributed by atoms with Gasteiger partial charge in [-0.15, -0.1) is 0 Å². The molecule has 0 bridgehead atoms. The largest absolute Gasteiger partial charge is 0.347 e. The van der Waals surface area contributed by atoms with Crippen molar-refractivity contribution in [1.29, 1.82) is 0 Å². The maximum absolute atomic E-state index is 11.8. The van der Waals surface area contributed by atoms with Gasteiger partial charge in [-0.3, -0.25) is 9.59 Å². The van der Waals surface area contributed by atoms with E-state index in [9.17, 15) is 9.59 Å². The number of nitrogens with one attached hydrogen (secondary N) is 1. The van der Waals surface area contributed by atoms with Gasteiger partial charge in [0.15, 0.2) is 0 Å². The Morgan fingerprint density at radius 1 is 1.24 bits per heavy atom. The first-order valence-corrected chi connectivity index (χ1v) is 5.61. The molecule has 0 atom stereocenters. The highest BCUT2D eigenvalue weighted by Crippen LogP contribution is 2.10. The fraction of sp³-hybridized carbons (Fsp3) is 0.385. The highest BCUT2D eigenvalue weighted by atomic mass is 16.2. The number of nitrogens with zero attached hydrogens (tertiary/aromatic N) is 1. The fourth-order valence-electron chi connectivity index (χ4n) is 1.28. The zero-order valence-corrected chi connectivity index (χ0v) is 10.4. The third-order valence-corrected chi connectivity index (χ3v) is 2.46. The summed E-state index contributed by atoms with van der Waals surface area (Å²) in [7, 11) is 1.69. The SMILES string of the molecule is CC(C)C(=O)NCC(=O)N(C)c1ccccc1. The van der Waals surface area contributed by atoms with Crippen LogP contribution < -0.4 is 10.2 Å². The van der Waals surface area contributed by atoms with E-state index in [0.29, 0.717) is 0 Å². The third-order valence-electron chi connectivity index (χ3n) is 2.46. The molecule has 0 aliphatic carbocycles. The average molecular weight is 234 g/mol. The highest BCUT2D eigenvalue weighted by molar-refractivity contribution is 5.96. The zero-order valence-electron chi connectivity index (χ0n) is 10.4. The number of para-hydroxylation sites is 1. The van der Waals surface area contributed by atoms with Crippen LogP contribution in [0.2, 0.25) is 0 Å². The maximum Gasteiger partial charge on any atom is 0.246 e. The lowest BCUT2D eigenvalue weighted by atomic mass is 10.2. The molecular formula is C13H18N2O2. The predicted octanol–water partition coefficient (Wildman–Crippen LogP) is 1.42. The number of amides is 2. The van der Waals surface area contributed by atoms with Crippen molar-refractivity contribution < 1.29 is 9.59 Å². The molecule has 1 N–H and O–H groups in total. The number of rotatable bonds is 4. The lowest BCUT2D eigenvalue weighted by molar-refractivity contribution is -0.126. The Labute approximate surface area is 102 Å². The number of hydrogen-bond donors (Lipinski definition) is 1. The second-order valence-electron chi connectivity index (χ2n) is 4.16. The van der Waals surface area contributed by atoms with Gasteiger partial charge in [-0.1, -0.05) is 32.0 Å². The maximum atomic E-state index is 11.8. The quantitative estimate of drug-likeness (QED) is 0.856.